The molecule has 0 radical (unpaired) electrons. The number of Topliss-reactive ketones (excluding diaryl/α,β-unsaturated/α-hetero) is 1. The molecule has 100 valence electrons. The number of carbonyl (C=O) groups excluding carboxylic acids is 1. The van der Waals surface area contributed by atoms with Crippen LogP contribution in [0.4, 0.5) is 0 Å². The standard InChI is InChI=1S/C15H10ClNO2S/c16-11-6-7-14-12(8-11)17-15(19-14)20-9-13(18)10-4-2-1-3-5-10/h1-8H,9H2. The number of benzene rings is 2. The molecule has 0 fully saturated rings. The molecule has 1 aromatic heterocycles. The number of carbonyl (C=O) groups is 1. The van der Waals surface area contributed by atoms with Gasteiger partial charge in [-0.3, -0.25) is 4.79 Å². The Bertz CT molecular complexity index is 755. The van der Waals surface area contributed by atoms with Crippen LogP contribution in [0.15, 0.2) is 58.2 Å². The Morgan fingerprint density at radius 1 is 1.20 bits per heavy atom. The van der Waals surface area contributed by atoms with Crippen LogP contribution in [0.3, 0.4) is 0 Å². The van der Waals surface area contributed by atoms with Gasteiger partial charge in [0.1, 0.15) is 5.52 Å². The van der Waals surface area contributed by atoms with Gasteiger partial charge in [0.2, 0.25) is 0 Å². The van der Waals surface area contributed by atoms with E-state index >= 15 is 0 Å². The molecule has 1 heterocycles. The molecule has 0 saturated carbocycles. The maximum Gasteiger partial charge on any atom is 0.257 e. The highest BCUT2D eigenvalue weighted by atomic mass is 35.5. The quantitative estimate of drug-likeness (QED) is 0.527. The van der Waals surface area contributed by atoms with Crippen LogP contribution >= 0.6 is 23.4 Å². The summed E-state index contributed by atoms with van der Waals surface area (Å²) in [5, 5.41) is 1.09. The first-order valence-electron chi connectivity index (χ1n) is 5.99. The molecular weight excluding hydrogens is 294 g/mol. The summed E-state index contributed by atoms with van der Waals surface area (Å²) in [6, 6.07) is 14.4. The van der Waals surface area contributed by atoms with Gasteiger partial charge in [-0.1, -0.05) is 53.7 Å². The number of oxazole rings is 1. The Morgan fingerprint density at radius 3 is 2.80 bits per heavy atom. The third-order valence-electron chi connectivity index (χ3n) is 2.75. The summed E-state index contributed by atoms with van der Waals surface area (Å²) in [6.07, 6.45) is 0. The van der Waals surface area contributed by atoms with Crippen LogP contribution < -0.4 is 0 Å². The van der Waals surface area contributed by atoms with E-state index in [-0.39, 0.29) is 5.78 Å². The van der Waals surface area contributed by atoms with Gasteiger partial charge in [0.15, 0.2) is 11.4 Å². The van der Waals surface area contributed by atoms with Crippen molar-refractivity contribution < 1.29 is 9.21 Å². The first-order valence-corrected chi connectivity index (χ1v) is 7.36. The highest BCUT2D eigenvalue weighted by Crippen LogP contribution is 2.26. The van der Waals surface area contributed by atoms with Crippen molar-refractivity contribution in [3.63, 3.8) is 0 Å². The summed E-state index contributed by atoms with van der Waals surface area (Å²) < 4.78 is 5.55. The first-order chi connectivity index (χ1) is 9.72. The lowest BCUT2D eigenvalue weighted by Gasteiger charge is -1.97. The van der Waals surface area contributed by atoms with E-state index in [4.69, 9.17) is 16.0 Å². The van der Waals surface area contributed by atoms with Crippen molar-refractivity contribution in [2.24, 2.45) is 0 Å². The van der Waals surface area contributed by atoms with Crippen LogP contribution in [0.2, 0.25) is 5.02 Å². The van der Waals surface area contributed by atoms with E-state index < -0.39 is 0 Å². The zero-order valence-corrected chi connectivity index (χ0v) is 11.9. The van der Waals surface area contributed by atoms with Crippen molar-refractivity contribution in [1.29, 1.82) is 0 Å². The zero-order chi connectivity index (χ0) is 13.9. The Hall–Kier alpha value is -1.78. The van der Waals surface area contributed by atoms with Gasteiger partial charge in [0.05, 0.1) is 5.75 Å². The lowest BCUT2D eigenvalue weighted by atomic mass is 10.2. The van der Waals surface area contributed by atoms with Crippen molar-refractivity contribution in [1.82, 2.24) is 4.98 Å². The van der Waals surface area contributed by atoms with Crippen LogP contribution in [-0.4, -0.2) is 16.5 Å². The summed E-state index contributed by atoms with van der Waals surface area (Å²) in [7, 11) is 0. The van der Waals surface area contributed by atoms with E-state index in [0.717, 1.165) is 0 Å². The number of halogens is 1. The van der Waals surface area contributed by atoms with Crippen LogP contribution in [0.25, 0.3) is 11.1 Å². The van der Waals surface area contributed by atoms with Crippen LogP contribution in [0.1, 0.15) is 10.4 Å². The molecule has 20 heavy (non-hydrogen) atoms. The Kier molecular flexibility index (Phi) is 3.76. The second-order valence-corrected chi connectivity index (χ2v) is 5.53. The van der Waals surface area contributed by atoms with Crippen LogP contribution in [-0.2, 0) is 0 Å². The fourth-order valence-electron chi connectivity index (χ4n) is 1.78. The van der Waals surface area contributed by atoms with Crippen LogP contribution in [0.5, 0.6) is 0 Å². The summed E-state index contributed by atoms with van der Waals surface area (Å²) in [6.45, 7) is 0. The Morgan fingerprint density at radius 2 is 2.00 bits per heavy atom. The molecule has 0 bridgehead atoms. The predicted octanol–water partition coefficient (Wildman–Crippen LogP) is 4.46. The molecule has 0 spiro atoms. The largest absolute Gasteiger partial charge is 0.431 e. The number of thioether (sulfide) groups is 1. The van der Waals surface area contributed by atoms with Crippen molar-refractivity contribution in [3.8, 4) is 0 Å². The maximum absolute atomic E-state index is 12.0. The number of rotatable bonds is 4. The molecule has 0 saturated heterocycles. The molecule has 5 heteroatoms. The van der Waals surface area contributed by atoms with Gasteiger partial charge in [-0.25, -0.2) is 4.98 Å². The van der Waals surface area contributed by atoms with Gasteiger partial charge in [-0.05, 0) is 18.2 Å². The van der Waals surface area contributed by atoms with E-state index in [0.29, 0.717) is 32.7 Å². The second kappa shape index (κ2) is 5.69. The maximum atomic E-state index is 12.0. The molecule has 3 aromatic rings. The number of hydrogen-bond acceptors (Lipinski definition) is 4. The normalized spacial score (nSPS) is 10.8. The molecule has 2 aromatic carbocycles. The number of nitrogens with zero attached hydrogens (tertiary/aromatic N) is 1. The molecule has 3 nitrogen and oxygen atoms in total. The van der Waals surface area contributed by atoms with Gasteiger partial charge in [0, 0.05) is 10.6 Å². The van der Waals surface area contributed by atoms with Crippen molar-refractivity contribution >= 4 is 40.2 Å². The fraction of sp³-hybridized carbons (Fsp3) is 0.0667. The first kappa shape index (κ1) is 13.2. The summed E-state index contributed by atoms with van der Waals surface area (Å²) in [5.74, 6) is 0.348. The predicted molar refractivity (Wildman–Crippen MR) is 80.5 cm³/mol. The van der Waals surface area contributed by atoms with Gasteiger partial charge in [0.25, 0.3) is 5.22 Å². The molecule has 0 aliphatic heterocycles. The Labute approximate surface area is 125 Å². The van der Waals surface area contributed by atoms with Gasteiger partial charge < -0.3 is 4.42 Å². The monoisotopic (exact) mass is 303 g/mol. The Balaban J connectivity index is 1.72. The molecular formula is C15H10ClNO2S. The van der Waals surface area contributed by atoms with E-state index in [1.54, 1.807) is 30.3 Å². The van der Waals surface area contributed by atoms with Gasteiger partial charge in [-0.15, -0.1) is 0 Å². The highest BCUT2D eigenvalue weighted by molar-refractivity contribution is 7.99. The van der Waals surface area contributed by atoms with E-state index in [2.05, 4.69) is 4.98 Å². The molecule has 0 N–H and O–H groups in total. The topological polar surface area (TPSA) is 43.1 Å². The van der Waals surface area contributed by atoms with Crippen molar-refractivity contribution in [2.75, 3.05) is 5.75 Å². The lowest BCUT2D eigenvalue weighted by Crippen LogP contribution is -2.01. The minimum absolute atomic E-state index is 0.0517. The number of hydrogen-bond donors (Lipinski definition) is 0. The van der Waals surface area contributed by atoms with Crippen LogP contribution in [0, 0.1) is 0 Å². The van der Waals surface area contributed by atoms with Gasteiger partial charge >= 0.3 is 0 Å². The van der Waals surface area contributed by atoms with Crippen molar-refractivity contribution in [2.45, 2.75) is 5.22 Å². The SMILES string of the molecule is O=C(CSc1nc2cc(Cl)ccc2o1)c1ccccc1. The van der Waals surface area contributed by atoms with E-state index in [9.17, 15) is 4.79 Å². The van der Waals surface area contributed by atoms with Gasteiger partial charge in [-0.2, -0.15) is 0 Å². The van der Waals surface area contributed by atoms with E-state index in [1.165, 1.54) is 11.8 Å². The highest BCUT2D eigenvalue weighted by Gasteiger charge is 2.10. The third-order valence-corrected chi connectivity index (χ3v) is 3.82. The molecule has 0 aliphatic rings. The number of fused-ring (bicyclic) bond motifs is 1. The number of aromatic nitrogens is 1. The summed E-state index contributed by atoms with van der Waals surface area (Å²) in [4.78, 5) is 16.3. The average Bonchev–Trinajstić information content (AvgIpc) is 2.87. The molecule has 3 rings (SSSR count). The molecule has 0 unspecified atom stereocenters. The molecule has 0 aliphatic carbocycles. The lowest BCUT2D eigenvalue weighted by molar-refractivity contribution is 0.102. The summed E-state index contributed by atoms with van der Waals surface area (Å²) >= 11 is 7.18. The molecule has 0 amide bonds. The fourth-order valence-corrected chi connectivity index (χ4v) is 2.68. The third kappa shape index (κ3) is 2.86. The minimum Gasteiger partial charge on any atom is -0.431 e. The summed E-state index contributed by atoms with van der Waals surface area (Å²) in [5.41, 5.74) is 2.07. The minimum atomic E-state index is 0.0517. The zero-order valence-electron chi connectivity index (χ0n) is 10.4. The second-order valence-electron chi connectivity index (χ2n) is 4.17. The average molecular weight is 304 g/mol. The smallest absolute Gasteiger partial charge is 0.257 e. The van der Waals surface area contributed by atoms with Crippen molar-refractivity contribution in [3.05, 3.63) is 59.1 Å². The van der Waals surface area contributed by atoms with E-state index in [1.807, 2.05) is 18.2 Å². The molecule has 0 atom stereocenters. The number of ketones is 1.